The number of sulfonamides is 1. The van der Waals surface area contributed by atoms with Crippen molar-refractivity contribution in [3.05, 3.63) is 11.0 Å². The molecule has 1 aliphatic rings. The zero-order valence-electron chi connectivity index (χ0n) is 6.74. The molecule has 5 heteroatoms. The Morgan fingerprint density at radius 3 is 2.58 bits per heavy atom. The first kappa shape index (κ1) is 9.23. The van der Waals surface area contributed by atoms with Gasteiger partial charge in [-0.2, -0.15) is 5.26 Å². The second kappa shape index (κ2) is 3.25. The van der Waals surface area contributed by atoms with E-state index in [2.05, 4.69) is 4.72 Å². The molecule has 0 bridgehead atoms. The van der Waals surface area contributed by atoms with Gasteiger partial charge in [0.1, 0.15) is 6.07 Å². The van der Waals surface area contributed by atoms with Crippen molar-refractivity contribution in [1.29, 1.82) is 5.26 Å². The van der Waals surface area contributed by atoms with Crippen LogP contribution in [0, 0.1) is 17.2 Å². The van der Waals surface area contributed by atoms with Gasteiger partial charge in [0.2, 0.25) is 10.0 Å². The van der Waals surface area contributed by atoms with Gasteiger partial charge in [-0.25, -0.2) is 13.1 Å². The van der Waals surface area contributed by atoms with Crippen LogP contribution < -0.4 is 4.72 Å². The van der Waals surface area contributed by atoms with Crippen molar-refractivity contribution in [1.82, 2.24) is 4.72 Å². The van der Waals surface area contributed by atoms with Crippen LogP contribution in [0.5, 0.6) is 0 Å². The van der Waals surface area contributed by atoms with Crippen molar-refractivity contribution >= 4 is 10.0 Å². The van der Waals surface area contributed by atoms with E-state index in [4.69, 9.17) is 5.26 Å². The number of nitrogens with zero attached hydrogens (tertiary/aromatic N) is 1. The number of hydrogen-bond donors (Lipinski definition) is 1. The lowest BCUT2D eigenvalue weighted by molar-refractivity contribution is 0.595. The van der Waals surface area contributed by atoms with Gasteiger partial charge in [-0.1, -0.05) is 6.08 Å². The molecule has 12 heavy (non-hydrogen) atoms. The van der Waals surface area contributed by atoms with Crippen molar-refractivity contribution in [3.63, 3.8) is 0 Å². The first-order valence-electron chi connectivity index (χ1n) is 3.65. The highest BCUT2D eigenvalue weighted by atomic mass is 32.2. The number of hydrogen-bond acceptors (Lipinski definition) is 3. The molecule has 0 amide bonds. The van der Waals surface area contributed by atoms with Crippen LogP contribution in [0.15, 0.2) is 11.0 Å². The minimum Gasteiger partial charge on any atom is -0.214 e. The molecular formula is C7H10N2O2S. The third-order valence-electron chi connectivity index (χ3n) is 1.68. The van der Waals surface area contributed by atoms with Gasteiger partial charge < -0.3 is 0 Å². The molecule has 0 aromatic heterocycles. The molecule has 4 nitrogen and oxygen atoms in total. The maximum absolute atomic E-state index is 11.1. The Labute approximate surface area is 71.9 Å². The van der Waals surface area contributed by atoms with Gasteiger partial charge in [-0.15, -0.1) is 0 Å². The average molecular weight is 186 g/mol. The second-order valence-corrected chi connectivity index (χ2v) is 4.54. The Hall–Kier alpha value is -0.860. The number of allylic oxidation sites excluding steroid dienone is 2. The van der Waals surface area contributed by atoms with Crippen molar-refractivity contribution in [2.45, 2.75) is 12.8 Å². The Morgan fingerprint density at radius 2 is 2.25 bits per heavy atom. The van der Waals surface area contributed by atoms with E-state index in [0.29, 0.717) is 5.92 Å². The van der Waals surface area contributed by atoms with Gasteiger partial charge in [0, 0.05) is 0 Å². The fraction of sp³-hybridized carbons (Fsp3) is 0.571. The maximum atomic E-state index is 11.1. The van der Waals surface area contributed by atoms with Gasteiger partial charge >= 0.3 is 0 Å². The minimum absolute atomic E-state index is 0.160. The fourth-order valence-electron chi connectivity index (χ4n) is 0.774. The summed E-state index contributed by atoms with van der Waals surface area (Å²) in [6, 6.07) is 1.68. The van der Waals surface area contributed by atoms with E-state index in [1.54, 1.807) is 6.07 Å². The Balaban J connectivity index is 2.89. The van der Waals surface area contributed by atoms with E-state index < -0.39 is 10.0 Å². The molecule has 0 heterocycles. The van der Waals surface area contributed by atoms with Gasteiger partial charge in [0.25, 0.3) is 0 Å². The molecule has 0 aromatic rings. The summed E-state index contributed by atoms with van der Waals surface area (Å²) in [4.78, 5) is -0.160. The number of nitrogens with one attached hydrogen (secondary N) is 1. The van der Waals surface area contributed by atoms with Crippen LogP contribution in [0.2, 0.25) is 0 Å². The van der Waals surface area contributed by atoms with E-state index >= 15 is 0 Å². The van der Waals surface area contributed by atoms with Crippen molar-refractivity contribution in [2.24, 2.45) is 5.92 Å². The minimum atomic E-state index is -3.52. The molecule has 0 aromatic carbocycles. The first-order chi connectivity index (χ1) is 5.60. The van der Waals surface area contributed by atoms with E-state index in [1.165, 1.54) is 13.1 Å². The van der Waals surface area contributed by atoms with Crippen LogP contribution >= 0.6 is 0 Å². The van der Waals surface area contributed by atoms with E-state index in [9.17, 15) is 8.42 Å². The van der Waals surface area contributed by atoms with Gasteiger partial charge in [-0.05, 0) is 25.8 Å². The van der Waals surface area contributed by atoms with E-state index in [1.807, 2.05) is 0 Å². The molecule has 1 aliphatic carbocycles. The zero-order chi connectivity index (χ0) is 9.19. The fourth-order valence-corrected chi connectivity index (χ4v) is 1.49. The van der Waals surface area contributed by atoms with Gasteiger partial charge in [0.05, 0.1) is 0 Å². The molecule has 66 valence electrons. The molecule has 1 N–H and O–H groups in total. The van der Waals surface area contributed by atoms with Crippen LogP contribution in [0.1, 0.15) is 12.8 Å². The molecule has 0 unspecified atom stereocenters. The third kappa shape index (κ3) is 2.06. The summed E-state index contributed by atoms with van der Waals surface area (Å²) in [5.41, 5.74) is 0. The molecule has 0 radical (unpaired) electrons. The molecule has 1 saturated carbocycles. The van der Waals surface area contributed by atoms with Gasteiger partial charge in [-0.3, -0.25) is 0 Å². The summed E-state index contributed by atoms with van der Waals surface area (Å²) >= 11 is 0. The summed E-state index contributed by atoms with van der Waals surface area (Å²) in [6.07, 6.45) is 3.50. The lowest BCUT2D eigenvalue weighted by Gasteiger charge is -1.97. The molecule has 0 atom stereocenters. The Morgan fingerprint density at radius 1 is 1.67 bits per heavy atom. The third-order valence-corrected chi connectivity index (χ3v) is 3.02. The number of rotatable bonds is 3. The Bertz CT molecular complexity index is 333. The highest BCUT2D eigenvalue weighted by Gasteiger charge is 2.23. The molecule has 1 rings (SSSR count). The number of nitriles is 1. The molecule has 1 fully saturated rings. The smallest absolute Gasteiger partial charge is 0.214 e. The lowest BCUT2D eigenvalue weighted by atomic mass is 10.4. The summed E-state index contributed by atoms with van der Waals surface area (Å²) in [7, 11) is -2.22. The van der Waals surface area contributed by atoms with Crippen LogP contribution in [0.4, 0.5) is 0 Å². The van der Waals surface area contributed by atoms with Crippen molar-refractivity contribution < 1.29 is 8.42 Å². The summed E-state index contributed by atoms with van der Waals surface area (Å²) in [5, 5.41) is 8.53. The monoisotopic (exact) mass is 186 g/mol. The topological polar surface area (TPSA) is 70.0 Å². The lowest BCUT2D eigenvalue weighted by Crippen LogP contribution is -2.19. The highest BCUT2D eigenvalue weighted by Crippen LogP contribution is 2.31. The quantitative estimate of drug-likeness (QED) is 0.647. The maximum Gasteiger partial charge on any atom is 0.250 e. The highest BCUT2D eigenvalue weighted by molar-refractivity contribution is 7.93. The Kier molecular flexibility index (Phi) is 2.50. The van der Waals surface area contributed by atoms with Crippen LogP contribution in [-0.4, -0.2) is 15.5 Å². The first-order valence-corrected chi connectivity index (χ1v) is 5.14. The average Bonchev–Trinajstić information content (AvgIpc) is 2.83. The predicted octanol–water partition coefficient (Wildman–Crippen LogP) is 0.353. The normalized spacial score (nSPS) is 18.8. The van der Waals surface area contributed by atoms with Crippen LogP contribution in [0.3, 0.4) is 0 Å². The summed E-state index contributed by atoms with van der Waals surface area (Å²) in [5.74, 6) is 0.294. The van der Waals surface area contributed by atoms with Crippen molar-refractivity contribution in [2.75, 3.05) is 7.05 Å². The van der Waals surface area contributed by atoms with E-state index in [0.717, 1.165) is 12.8 Å². The summed E-state index contributed by atoms with van der Waals surface area (Å²) < 4.78 is 24.3. The van der Waals surface area contributed by atoms with Gasteiger partial charge in [0.15, 0.2) is 4.91 Å². The van der Waals surface area contributed by atoms with Crippen molar-refractivity contribution in [3.8, 4) is 6.07 Å². The summed E-state index contributed by atoms with van der Waals surface area (Å²) in [6.45, 7) is 0. The van der Waals surface area contributed by atoms with Crippen LogP contribution in [-0.2, 0) is 10.0 Å². The molecule has 0 saturated heterocycles. The molecule has 0 aliphatic heterocycles. The van der Waals surface area contributed by atoms with Crippen LogP contribution in [0.25, 0.3) is 0 Å². The SMILES string of the molecule is CNS(=O)(=O)C(C#N)=CC1CC1. The largest absolute Gasteiger partial charge is 0.250 e. The molecular weight excluding hydrogens is 176 g/mol. The second-order valence-electron chi connectivity index (χ2n) is 2.69. The standard InChI is InChI=1S/C7H10N2O2S/c1-9-12(10,11)7(5-8)4-6-2-3-6/h4,6,9H,2-3H2,1H3. The zero-order valence-corrected chi connectivity index (χ0v) is 7.56. The molecule has 0 spiro atoms. The predicted molar refractivity (Wildman–Crippen MR) is 44.4 cm³/mol. The van der Waals surface area contributed by atoms with E-state index in [-0.39, 0.29) is 4.91 Å².